The van der Waals surface area contributed by atoms with Crippen LogP contribution in [0.2, 0.25) is 0 Å². The van der Waals surface area contributed by atoms with Crippen LogP contribution in [0.1, 0.15) is 27.7 Å². The van der Waals surface area contributed by atoms with Crippen molar-refractivity contribution in [2.24, 2.45) is 11.8 Å². The van der Waals surface area contributed by atoms with Gasteiger partial charge in [0.2, 0.25) is 0 Å². The Morgan fingerprint density at radius 2 is 0.909 bits per heavy atom. The molecule has 0 N–H and O–H groups in total. The second kappa shape index (κ2) is 13.1. The van der Waals surface area contributed by atoms with Crippen LogP contribution >= 0.6 is 0 Å². The van der Waals surface area contributed by atoms with Gasteiger partial charge in [0.15, 0.2) is 0 Å². The molecule has 0 aromatic heterocycles. The second-order valence-electron chi connectivity index (χ2n) is 3.12. The standard InChI is InChI=1S/2C4H9O.Cu/c2*1-4(2)3-5;/h2*4H,3H2,1-2H3;/q2*-1;+2. The summed E-state index contributed by atoms with van der Waals surface area (Å²) in [6, 6.07) is 0. The predicted octanol–water partition coefficient (Wildman–Crippen LogP) is 0.00290. The van der Waals surface area contributed by atoms with Gasteiger partial charge in [0, 0.05) is 0 Å². The molecule has 0 rings (SSSR count). The summed E-state index contributed by atoms with van der Waals surface area (Å²) >= 11 is 0. The Hall–Kier alpha value is 0.439. The molecule has 0 fully saturated rings. The first-order valence-electron chi connectivity index (χ1n) is 3.70. The van der Waals surface area contributed by atoms with E-state index in [4.69, 9.17) is 0 Å². The smallest absolute Gasteiger partial charge is 0.854 e. The van der Waals surface area contributed by atoms with E-state index in [1.165, 1.54) is 0 Å². The number of rotatable bonds is 2. The third-order valence-corrected chi connectivity index (χ3v) is 0.667. The average Bonchev–Trinajstić information content (AvgIpc) is 1.89. The molecule has 73 valence electrons. The van der Waals surface area contributed by atoms with Gasteiger partial charge in [-0.3, -0.25) is 0 Å². The van der Waals surface area contributed by atoms with Crippen LogP contribution in [0, 0.1) is 11.8 Å². The first-order valence-corrected chi connectivity index (χ1v) is 3.70. The first-order chi connectivity index (χ1) is 4.54. The minimum Gasteiger partial charge on any atom is -0.854 e. The molecule has 1 radical (unpaired) electrons. The van der Waals surface area contributed by atoms with Crippen molar-refractivity contribution in [2.45, 2.75) is 27.7 Å². The van der Waals surface area contributed by atoms with Crippen LogP contribution in [-0.4, -0.2) is 13.2 Å². The molecule has 0 unspecified atom stereocenters. The van der Waals surface area contributed by atoms with Crippen LogP contribution < -0.4 is 10.2 Å². The summed E-state index contributed by atoms with van der Waals surface area (Å²) in [6.07, 6.45) is 0. The molecular formula is C8H18CuO2. The molecule has 2 nitrogen and oxygen atoms in total. The summed E-state index contributed by atoms with van der Waals surface area (Å²) in [5, 5.41) is 19.3. The fourth-order valence-corrected chi connectivity index (χ4v) is 0. The molecule has 11 heavy (non-hydrogen) atoms. The topological polar surface area (TPSA) is 46.1 Å². The van der Waals surface area contributed by atoms with E-state index >= 15 is 0 Å². The van der Waals surface area contributed by atoms with Gasteiger partial charge in [-0.1, -0.05) is 39.5 Å². The molecule has 0 bridgehead atoms. The summed E-state index contributed by atoms with van der Waals surface area (Å²) in [7, 11) is 0. The monoisotopic (exact) mass is 209 g/mol. The predicted molar refractivity (Wildman–Crippen MR) is 39.4 cm³/mol. The normalized spacial score (nSPS) is 8.73. The summed E-state index contributed by atoms with van der Waals surface area (Å²) in [5.41, 5.74) is 0. The SMILES string of the molecule is CC(C)C[O-].CC(C)C[O-].[Cu+2]. The van der Waals surface area contributed by atoms with Crippen LogP contribution in [0.4, 0.5) is 0 Å². The Balaban J connectivity index is -0.000000107. The van der Waals surface area contributed by atoms with E-state index in [2.05, 4.69) is 0 Å². The summed E-state index contributed by atoms with van der Waals surface area (Å²) in [5.74, 6) is 0.657. The van der Waals surface area contributed by atoms with Gasteiger partial charge in [-0.15, -0.1) is 13.2 Å². The van der Waals surface area contributed by atoms with E-state index in [9.17, 15) is 10.2 Å². The molecule has 0 saturated carbocycles. The largest absolute Gasteiger partial charge is 2.00 e. The van der Waals surface area contributed by atoms with E-state index in [1.54, 1.807) is 0 Å². The molecule has 0 aliphatic carbocycles. The van der Waals surface area contributed by atoms with Crippen LogP contribution in [0.15, 0.2) is 0 Å². The molecular weight excluding hydrogens is 192 g/mol. The van der Waals surface area contributed by atoms with E-state index in [-0.39, 0.29) is 30.3 Å². The van der Waals surface area contributed by atoms with Gasteiger partial charge >= 0.3 is 17.1 Å². The van der Waals surface area contributed by atoms with E-state index in [0.717, 1.165) is 0 Å². The van der Waals surface area contributed by atoms with Crippen molar-refractivity contribution in [1.29, 1.82) is 0 Å². The molecule has 0 aliphatic rings. The fraction of sp³-hybridized carbons (Fsp3) is 1.00. The minimum atomic E-state index is 0. The zero-order valence-electron chi connectivity index (χ0n) is 7.69. The van der Waals surface area contributed by atoms with E-state index in [0.29, 0.717) is 11.8 Å². The molecule has 0 aromatic rings. The Morgan fingerprint density at radius 1 is 0.818 bits per heavy atom. The van der Waals surface area contributed by atoms with E-state index < -0.39 is 0 Å². The Labute approximate surface area is 80.5 Å². The molecule has 0 amide bonds. The van der Waals surface area contributed by atoms with Gasteiger partial charge in [0.1, 0.15) is 0 Å². The average molecular weight is 210 g/mol. The molecule has 0 saturated heterocycles. The fourth-order valence-electron chi connectivity index (χ4n) is 0. The molecule has 0 atom stereocenters. The van der Waals surface area contributed by atoms with Crippen molar-refractivity contribution in [3.8, 4) is 0 Å². The zero-order valence-corrected chi connectivity index (χ0v) is 8.63. The van der Waals surface area contributed by atoms with Crippen molar-refractivity contribution in [3.05, 3.63) is 0 Å². The van der Waals surface area contributed by atoms with Crippen LogP contribution in [0.3, 0.4) is 0 Å². The van der Waals surface area contributed by atoms with Crippen molar-refractivity contribution in [2.75, 3.05) is 13.2 Å². The van der Waals surface area contributed by atoms with Gasteiger partial charge in [-0.05, 0) is 0 Å². The summed E-state index contributed by atoms with van der Waals surface area (Å²) < 4.78 is 0. The van der Waals surface area contributed by atoms with Gasteiger partial charge in [-0.25, -0.2) is 0 Å². The Morgan fingerprint density at radius 3 is 0.909 bits per heavy atom. The summed E-state index contributed by atoms with van der Waals surface area (Å²) in [4.78, 5) is 0. The van der Waals surface area contributed by atoms with Gasteiger partial charge < -0.3 is 10.2 Å². The Bertz CT molecular complexity index is 48.1. The molecule has 3 heteroatoms. The van der Waals surface area contributed by atoms with Gasteiger partial charge in [0.05, 0.1) is 0 Å². The van der Waals surface area contributed by atoms with Crippen molar-refractivity contribution in [3.63, 3.8) is 0 Å². The third-order valence-electron chi connectivity index (χ3n) is 0.667. The van der Waals surface area contributed by atoms with Crippen LogP contribution in [0.25, 0.3) is 0 Å². The Kier molecular flexibility index (Phi) is 20.8. The molecule has 0 aromatic carbocycles. The number of hydrogen-bond donors (Lipinski definition) is 0. The molecule has 0 spiro atoms. The van der Waals surface area contributed by atoms with Gasteiger partial charge in [0.25, 0.3) is 0 Å². The first kappa shape index (κ1) is 17.5. The molecule has 0 heterocycles. The minimum absolute atomic E-state index is 0. The maximum Gasteiger partial charge on any atom is 2.00 e. The van der Waals surface area contributed by atoms with Crippen molar-refractivity contribution in [1.82, 2.24) is 0 Å². The number of hydrogen-bond acceptors (Lipinski definition) is 2. The quantitative estimate of drug-likeness (QED) is 0.602. The van der Waals surface area contributed by atoms with Crippen molar-refractivity contribution < 1.29 is 27.3 Å². The van der Waals surface area contributed by atoms with Gasteiger partial charge in [-0.2, -0.15) is 0 Å². The van der Waals surface area contributed by atoms with E-state index in [1.807, 2.05) is 27.7 Å². The van der Waals surface area contributed by atoms with Crippen LogP contribution in [-0.2, 0) is 17.1 Å². The summed E-state index contributed by atoms with van der Waals surface area (Å²) in [6.45, 7) is 7.75. The van der Waals surface area contributed by atoms with Crippen molar-refractivity contribution >= 4 is 0 Å². The maximum absolute atomic E-state index is 9.63. The zero-order chi connectivity index (χ0) is 8.57. The maximum atomic E-state index is 9.63. The van der Waals surface area contributed by atoms with Crippen LogP contribution in [0.5, 0.6) is 0 Å². The molecule has 0 aliphatic heterocycles. The third kappa shape index (κ3) is 37.7. The second-order valence-corrected chi connectivity index (χ2v) is 3.12.